The van der Waals surface area contributed by atoms with Gasteiger partial charge in [-0.2, -0.15) is 0 Å². The van der Waals surface area contributed by atoms with Gasteiger partial charge in [0.15, 0.2) is 6.10 Å². The molecule has 0 saturated carbocycles. The largest absolute Gasteiger partial charge is 0.481 e. The lowest BCUT2D eigenvalue weighted by Gasteiger charge is -2.11. The minimum absolute atomic E-state index is 0.000622. The molecule has 0 aromatic rings. The van der Waals surface area contributed by atoms with Crippen LogP contribution in [0.4, 0.5) is 0 Å². The number of rotatable bonds is 13. The topological polar surface area (TPSA) is 130 Å². The van der Waals surface area contributed by atoms with Gasteiger partial charge in [-0.1, -0.05) is 6.42 Å². The molecule has 0 rings (SSSR count). The van der Waals surface area contributed by atoms with Gasteiger partial charge in [-0.15, -0.1) is 0 Å². The summed E-state index contributed by atoms with van der Waals surface area (Å²) in [6, 6.07) is 0. The number of hydrogen-bond acceptors (Lipinski definition) is 5. The van der Waals surface area contributed by atoms with Crippen LogP contribution in [-0.4, -0.2) is 59.2 Å². The Morgan fingerprint density at radius 1 is 0.850 bits per heavy atom. The number of ether oxygens (including phenoxy) is 2. The van der Waals surface area contributed by atoms with Crippen LogP contribution < -0.4 is 0 Å². The number of unbranched alkanes of at least 4 members (excludes halogenated alkanes) is 2. The number of carboxylic acids is 3. The molecule has 0 aromatic carbocycles. The van der Waals surface area contributed by atoms with E-state index >= 15 is 0 Å². The van der Waals surface area contributed by atoms with Gasteiger partial charge in [0.2, 0.25) is 0 Å². The maximum Gasteiger partial charge on any atom is 0.333 e. The molecule has 1 atom stereocenters. The summed E-state index contributed by atoms with van der Waals surface area (Å²) >= 11 is 0. The van der Waals surface area contributed by atoms with Gasteiger partial charge in [0.25, 0.3) is 0 Å². The van der Waals surface area contributed by atoms with E-state index in [4.69, 9.17) is 24.8 Å². The van der Waals surface area contributed by atoms with Crippen LogP contribution >= 0.6 is 0 Å². The predicted octanol–water partition coefficient (Wildman–Crippen LogP) is 0.593. The Bertz CT molecular complexity index is 315. The standard InChI is InChI=1S/C12H20O8/c13-10(14)4-2-1-3-5-19-6-7-20-9(12(17)18)8-11(15)16/h9H,1-8H2,(H,13,14)(H,15,16)(H,17,18). The average Bonchev–Trinajstić information content (AvgIpc) is 2.34. The minimum Gasteiger partial charge on any atom is -0.481 e. The van der Waals surface area contributed by atoms with Gasteiger partial charge in [-0.25, -0.2) is 4.79 Å². The number of hydrogen-bond donors (Lipinski definition) is 3. The van der Waals surface area contributed by atoms with E-state index in [2.05, 4.69) is 0 Å². The second-order valence-corrected chi connectivity index (χ2v) is 4.11. The van der Waals surface area contributed by atoms with Gasteiger partial charge in [0.1, 0.15) is 0 Å². The SMILES string of the molecule is O=C(O)CCCCCOCCOC(CC(=O)O)C(=O)O. The number of aliphatic carboxylic acids is 3. The number of carbonyl (C=O) groups is 3. The fourth-order valence-corrected chi connectivity index (χ4v) is 1.38. The maximum absolute atomic E-state index is 10.7. The third-order valence-corrected chi connectivity index (χ3v) is 2.36. The molecular formula is C12H20O8. The average molecular weight is 292 g/mol. The van der Waals surface area contributed by atoms with E-state index in [1.807, 2.05) is 0 Å². The summed E-state index contributed by atoms with van der Waals surface area (Å²) in [4.78, 5) is 31.3. The molecule has 0 aliphatic heterocycles. The maximum atomic E-state index is 10.7. The molecule has 116 valence electrons. The minimum atomic E-state index is -1.37. The first kappa shape index (κ1) is 18.3. The second kappa shape index (κ2) is 11.2. The first-order valence-electron chi connectivity index (χ1n) is 6.29. The van der Waals surface area contributed by atoms with E-state index in [-0.39, 0.29) is 19.6 Å². The van der Waals surface area contributed by atoms with E-state index in [0.717, 1.165) is 6.42 Å². The van der Waals surface area contributed by atoms with E-state index in [0.29, 0.717) is 19.4 Å². The van der Waals surface area contributed by atoms with Crippen molar-refractivity contribution in [2.75, 3.05) is 19.8 Å². The van der Waals surface area contributed by atoms with Crippen molar-refractivity contribution in [3.8, 4) is 0 Å². The normalized spacial score (nSPS) is 12.0. The summed E-state index contributed by atoms with van der Waals surface area (Å²) in [5.74, 6) is -3.38. The van der Waals surface area contributed by atoms with E-state index < -0.39 is 30.4 Å². The first-order valence-corrected chi connectivity index (χ1v) is 6.29. The van der Waals surface area contributed by atoms with Crippen molar-refractivity contribution in [3.05, 3.63) is 0 Å². The van der Waals surface area contributed by atoms with Crippen molar-refractivity contribution in [2.24, 2.45) is 0 Å². The van der Waals surface area contributed by atoms with Gasteiger partial charge in [-0.3, -0.25) is 9.59 Å². The monoisotopic (exact) mass is 292 g/mol. The summed E-state index contributed by atoms with van der Waals surface area (Å²) in [6.07, 6.45) is 0.221. The van der Waals surface area contributed by atoms with E-state index in [1.165, 1.54) is 0 Å². The molecule has 8 heteroatoms. The Balaban J connectivity index is 3.48. The van der Waals surface area contributed by atoms with Crippen LogP contribution in [0.1, 0.15) is 32.1 Å². The molecular weight excluding hydrogens is 272 g/mol. The Kier molecular flexibility index (Phi) is 10.2. The molecule has 0 aliphatic rings. The van der Waals surface area contributed by atoms with Gasteiger partial charge in [0, 0.05) is 13.0 Å². The molecule has 0 aromatic heterocycles. The fourth-order valence-electron chi connectivity index (χ4n) is 1.38. The highest BCUT2D eigenvalue weighted by atomic mass is 16.5. The van der Waals surface area contributed by atoms with Crippen molar-refractivity contribution in [1.29, 1.82) is 0 Å². The zero-order chi connectivity index (χ0) is 15.4. The van der Waals surface area contributed by atoms with Crippen molar-refractivity contribution in [2.45, 2.75) is 38.2 Å². The Morgan fingerprint density at radius 2 is 1.55 bits per heavy atom. The molecule has 0 spiro atoms. The first-order chi connectivity index (χ1) is 9.43. The summed E-state index contributed by atoms with van der Waals surface area (Å²) < 4.78 is 10.1. The Labute approximate surface area is 116 Å². The molecule has 0 aliphatic carbocycles. The van der Waals surface area contributed by atoms with Crippen molar-refractivity contribution < 1.29 is 39.2 Å². The van der Waals surface area contributed by atoms with Crippen LogP contribution in [0.3, 0.4) is 0 Å². The second-order valence-electron chi connectivity index (χ2n) is 4.11. The lowest BCUT2D eigenvalue weighted by atomic mass is 10.2. The highest BCUT2D eigenvalue weighted by molar-refractivity contribution is 5.79. The van der Waals surface area contributed by atoms with E-state index in [9.17, 15) is 14.4 Å². The van der Waals surface area contributed by atoms with Crippen molar-refractivity contribution >= 4 is 17.9 Å². The highest BCUT2D eigenvalue weighted by Gasteiger charge is 2.21. The molecule has 0 radical (unpaired) electrons. The molecule has 3 N–H and O–H groups in total. The summed E-state index contributed by atoms with van der Waals surface area (Å²) in [7, 11) is 0. The highest BCUT2D eigenvalue weighted by Crippen LogP contribution is 2.01. The lowest BCUT2D eigenvalue weighted by Crippen LogP contribution is -2.28. The Hall–Kier alpha value is -1.67. The molecule has 0 amide bonds. The van der Waals surface area contributed by atoms with Gasteiger partial charge >= 0.3 is 17.9 Å². The predicted molar refractivity (Wildman–Crippen MR) is 66.6 cm³/mol. The zero-order valence-corrected chi connectivity index (χ0v) is 11.1. The summed E-state index contributed by atoms with van der Waals surface area (Å²) in [6.45, 7) is 0.599. The molecule has 20 heavy (non-hydrogen) atoms. The Morgan fingerprint density at radius 3 is 2.10 bits per heavy atom. The number of carboxylic acid groups (broad SMARTS) is 3. The molecule has 8 nitrogen and oxygen atoms in total. The van der Waals surface area contributed by atoms with Crippen molar-refractivity contribution in [1.82, 2.24) is 0 Å². The molecule has 0 bridgehead atoms. The third-order valence-electron chi connectivity index (χ3n) is 2.36. The fraction of sp³-hybridized carbons (Fsp3) is 0.750. The van der Waals surface area contributed by atoms with Gasteiger partial charge in [-0.05, 0) is 12.8 Å². The van der Waals surface area contributed by atoms with Crippen LogP contribution in [0, 0.1) is 0 Å². The summed E-state index contributed by atoms with van der Waals surface area (Å²) in [5, 5.41) is 25.6. The van der Waals surface area contributed by atoms with Crippen molar-refractivity contribution in [3.63, 3.8) is 0 Å². The van der Waals surface area contributed by atoms with Crippen LogP contribution in [0.15, 0.2) is 0 Å². The molecule has 0 heterocycles. The van der Waals surface area contributed by atoms with Crippen LogP contribution in [0.2, 0.25) is 0 Å². The van der Waals surface area contributed by atoms with Crippen LogP contribution in [0.25, 0.3) is 0 Å². The van der Waals surface area contributed by atoms with Gasteiger partial charge < -0.3 is 24.8 Å². The molecule has 0 saturated heterocycles. The van der Waals surface area contributed by atoms with Gasteiger partial charge in [0.05, 0.1) is 19.6 Å². The smallest absolute Gasteiger partial charge is 0.333 e. The summed E-state index contributed by atoms with van der Waals surface area (Å²) in [5.41, 5.74) is 0. The van der Waals surface area contributed by atoms with Crippen LogP contribution in [0.5, 0.6) is 0 Å². The quantitative estimate of drug-likeness (QED) is 0.420. The van der Waals surface area contributed by atoms with E-state index in [1.54, 1.807) is 0 Å². The lowest BCUT2D eigenvalue weighted by molar-refractivity contribution is -0.157. The molecule has 0 fully saturated rings. The third kappa shape index (κ3) is 11.4. The molecule has 1 unspecified atom stereocenters. The van der Waals surface area contributed by atoms with Crippen LogP contribution in [-0.2, 0) is 23.9 Å². The zero-order valence-electron chi connectivity index (χ0n) is 11.1.